The third-order valence-corrected chi connectivity index (χ3v) is 5.97. The molecule has 0 fully saturated rings. The summed E-state index contributed by atoms with van der Waals surface area (Å²) in [5.74, 6) is 0.432. The lowest BCUT2D eigenvalue weighted by Gasteiger charge is -2.14. The smallest absolute Gasteiger partial charge is 0.280 e. The number of nitriles is 1. The van der Waals surface area contributed by atoms with Crippen molar-refractivity contribution in [3.8, 4) is 11.8 Å². The van der Waals surface area contributed by atoms with Gasteiger partial charge >= 0.3 is 0 Å². The second-order valence-electron chi connectivity index (χ2n) is 6.66. The van der Waals surface area contributed by atoms with Crippen LogP contribution in [0, 0.1) is 11.3 Å². The van der Waals surface area contributed by atoms with Gasteiger partial charge in [0.25, 0.3) is 5.91 Å². The number of carbonyl (C=O) groups is 1. The Kier molecular flexibility index (Phi) is 6.59. The molecule has 0 aliphatic carbocycles. The highest BCUT2D eigenvalue weighted by Gasteiger charge is 2.21. The molecular formula is C24H17BrN4O2S. The maximum absolute atomic E-state index is 13.3. The molecule has 0 spiro atoms. The first-order valence-electron chi connectivity index (χ1n) is 9.75. The van der Waals surface area contributed by atoms with Gasteiger partial charge in [-0.15, -0.1) is 0 Å². The Labute approximate surface area is 197 Å². The molecule has 0 aliphatic rings. The van der Waals surface area contributed by atoms with Crippen LogP contribution in [-0.2, 0) is 0 Å². The molecule has 1 heterocycles. The van der Waals surface area contributed by atoms with Crippen molar-refractivity contribution in [2.75, 3.05) is 11.6 Å². The van der Waals surface area contributed by atoms with Crippen LogP contribution >= 0.6 is 27.3 Å². The monoisotopic (exact) mass is 504 g/mol. The zero-order valence-corrected chi connectivity index (χ0v) is 19.4. The molecule has 0 atom stereocenters. The largest absolute Gasteiger partial charge is 0.494 e. The topological polar surface area (TPSA) is 78.6 Å². The number of amides is 1. The molecule has 0 N–H and O–H groups in total. The number of anilines is 1. The number of rotatable bonds is 6. The van der Waals surface area contributed by atoms with Crippen LogP contribution < -0.4 is 9.75 Å². The van der Waals surface area contributed by atoms with Gasteiger partial charge in [0.1, 0.15) is 5.75 Å². The normalized spacial score (nSPS) is 10.9. The van der Waals surface area contributed by atoms with Crippen LogP contribution in [0.3, 0.4) is 0 Å². The summed E-state index contributed by atoms with van der Waals surface area (Å²) in [6.45, 7) is 2.52. The van der Waals surface area contributed by atoms with Gasteiger partial charge in [0.15, 0.2) is 0 Å². The molecule has 4 rings (SSSR count). The molecule has 8 heteroatoms. The molecule has 0 saturated heterocycles. The predicted octanol–water partition coefficient (Wildman–Crippen LogP) is 6.01. The average molecular weight is 505 g/mol. The number of thiazole rings is 1. The van der Waals surface area contributed by atoms with Gasteiger partial charge in [-0.25, -0.2) is 4.98 Å². The summed E-state index contributed by atoms with van der Waals surface area (Å²) in [6.07, 6.45) is 1.61. The summed E-state index contributed by atoms with van der Waals surface area (Å²) in [4.78, 5) is 17.9. The summed E-state index contributed by atoms with van der Waals surface area (Å²) in [5.41, 5.74) is 2.49. The Balaban J connectivity index is 1.70. The number of hydrogen-bond acceptors (Lipinski definition) is 6. The minimum atomic E-state index is -0.338. The lowest BCUT2D eigenvalue weighted by Crippen LogP contribution is -2.25. The minimum absolute atomic E-state index is 0.338. The first-order valence-corrected chi connectivity index (χ1v) is 11.4. The highest BCUT2D eigenvalue weighted by molar-refractivity contribution is 9.10. The van der Waals surface area contributed by atoms with Gasteiger partial charge < -0.3 is 4.74 Å². The fourth-order valence-electron chi connectivity index (χ4n) is 2.92. The maximum atomic E-state index is 13.3. The molecular weight excluding hydrogens is 488 g/mol. The number of hydrogen-bond donors (Lipinski definition) is 0. The number of aromatic nitrogens is 1. The SMILES string of the molecule is CCOc1ccc(/C=N/N(C(=O)c2ccc(C#N)cc2)c2nc3ccc(Br)cc3s2)cc1. The molecule has 0 radical (unpaired) electrons. The van der Waals surface area contributed by atoms with Crippen molar-refractivity contribution in [1.82, 2.24) is 4.98 Å². The van der Waals surface area contributed by atoms with Gasteiger partial charge in [-0.1, -0.05) is 27.3 Å². The van der Waals surface area contributed by atoms with Crippen LogP contribution in [0.1, 0.15) is 28.4 Å². The van der Waals surface area contributed by atoms with Crippen molar-refractivity contribution in [2.24, 2.45) is 5.10 Å². The minimum Gasteiger partial charge on any atom is -0.494 e. The quantitative estimate of drug-likeness (QED) is 0.238. The Morgan fingerprint density at radius 1 is 1.19 bits per heavy atom. The molecule has 0 aliphatic heterocycles. The number of halogens is 1. The average Bonchev–Trinajstić information content (AvgIpc) is 3.23. The van der Waals surface area contributed by atoms with E-state index in [1.54, 1.807) is 30.5 Å². The zero-order chi connectivity index (χ0) is 22.5. The van der Waals surface area contributed by atoms with Crippen LogP contribution in [0.2, 0.25) is 0 Å². The molecule has 0 bridgehead atoms. The second kappa shape index (κ2) is 9.73. The highest BCUT2D eigenvalue weighted by Crippen LogP contribution is 2.32. The number of ether oxygens (including phenoxy) is 1. The van der Waals surface area contributed by atoms with E-state index in [1.165, 1.54) is 16.3 Å². The zero-order valence-electron chi connectivity index (χ0n) is 17.0. The molecule has 158 valence electrons. The second-order valence-corrected chi connectivity index (χ2v) is 8.59. The van der Waals surface area contributed by atoms with E-state index >= 15 is 0 Å². The number of carbonyl (C=O) groups excluding carboxylic acids is 1. The van der Waals surface area contributed by atoms with Gasteiger partial charge in [-0.05, 0) is 79.2 Å². The van der Waals surface area contributed by atoms with E-state index in [1.807, 2.05) is 49.4 Å². The maximum Gasteiger partial charge on any atom is 0.280 e. The van der Waals surface area contributed by atoms with E-state index in [0.717, 1.165) is 26.0 Å². The van der Waals surface area contributed by atoms with E-state index in [9.17, 15) is 4.79 Å². The standard InChI is InChI=1S/C24H17BrN4O2S/c1-2-31-20-10-5-17(6-11-20)15-27-29(23(30)18-7-3-16(14-26)4-8-18)24-28-21-12-9-19(25)13-22(21)32-24/h3-13,15H,2H2,1H3/b27-15+. The van der Waals surface area contributed by atoms with Crippen LogP contribution in [0.15, 0.2) is 76.3 Å². The summed E-state index contributed by atoms with van der Waals surface area (Å²) in [5, 5.41) is 15.2. The van der Waals surface area contributed by atoms with E-state index in [0.29, 0.717) is 22.9 Å². The summed E-state index contributed by atoms with van der Waals surface area (Å²) < 4.78 is 7.34. The third kappa shape index (κ3) is 4.85. The van der Waals surface area contributed by atoms with Crippen LogP contribution in [0.4, 0.5) is 5.13 Å². The number of benzene rings is 3. The van der Waals surface area contributed by atoms with Crippen LogP contribution in [0.25, 0.3) is 10.2 Å². The fraction of sp³-hybridized carbons (Fsp3) is 0.0833. The number of hydrazone groups is 1. The Bertz CT molecular complexity index is 1330. The number of fused-ring (bicyclic) bond motifs is 1. The molecule has 0 unspecified atom stereocenters. The molecule has 4 aromatic rings. The molecule has 32 heavy (non-hydrogen) atoms. The first kappa shape index (κ1) is 21.7. The Morgan fingerprint density at radius 2 is 1.94 bits per heavy atom. The van der Waals surface area contributed by atoms with Gasteiger partial charge in [0, 0.05) is 10.0 Å². The van der Waals surface area contributed by atoms with Crippen LogP contribution in [-0.4, -0.2) is 23.7 Å². The molecule has 3 aromatic carbocycles. The summed E-state index contributed by atoms with van der Waals surface area (Å²) >= 11 is 4.84. The van der Waals surface area contributed by atoms with Gasteiger partial charge in [0.05, 0.1) is 34.7 Å². The third-order valence-electron chi connectivity index (χ3n) is 4.49. The molecule has 6 nitrogen and oxygen atoms in total. The van der Waals surface area contributed by atoms with E-state index < -0.39 is 0 Å². The van der Waals surface area contributed by atoms with Crippen molar-refractivity contribution in [2.45, 2.75) is 6.92 Å². The van der Waals surface area contributed by atoms with Crippen molar-refractivity contribution in [3.05, 3.63) is 87.9 Å². The van der Waals surface area contributed by atoms with Crippen molar-refractivity contribution < 1.29 is 9.53 Å². The molecule has 0 saturated carbocycles. The summed E-state index contributed by atoms with van der Waals surface area (Å²) in [6, 6.07) is 21.7. The van der Waals surface area contributed by atoms with E-state index in [4.69, 9.17) is 10.00 Å². The Hall–Kier alpha value is -3.54. The molecule has 1 aromatic heterocycles. The fourth-order valence-corrected chi connectivity index (χ4v) is 4.39. The highest BCUT2D eigenvalue weighted by atomic mass is 79.9. The van der Waals surface area contributed by atoms with Crippen molar-refractivity contribution in [1.29, 1.82) is 5.26 Å². The first-order chi connectivity index (χ1) is 15.6. The van der Waals surface area contributed by atoms with E-state index in [2.05, 4.69) is 32.1 Å². The number of nitrogens with zero attached hydrogens (tertiary/aromatic N) is 4. The summed E-state index contributed by atoms with van der Waals surface area (Å²) in [7, 11) is 0. The van der Waals surface area contributed by atoms with E-state index in [-0.39, 0.29) is 5.91 Å². The molecule has 1 amide bonds. The van der Waals surface area contributed by atoms with Gasteiger partial charge in [-0.2, -0.15) is 15.4 Å². The Morgan fingerprint density at radius 3 is 2.62 bits per heavy atom. The van der Waals surface area contributed by atoms with Crippen molar-refractivity contribution in [3.63, 3.8) is 0 Å². The van der Waals surface area contributed by atoms with Crippen molar-refractivity contribution >= 4 is 54.7 Å². The van der Waals surface area contributed by atoms with Gasteiger partial charge in [0.2, 0.25) is 5.13 Å². The lowest BCUT2D eigenvalue weighted by molar-refractivity contribution is 0.0988. The van der Waals surface area contributed by atoms with Gasteiger partial charge in [-0.3, -0.25) is 4.79 Å². The predicted molar refractivity (Wildman–Crippen MR) is 130 cm³/mol. The lowest BCUT2D eigenvalue weighted by atomic mass is 10.1. The van der Waals surface area contributed by atoms with Crippen LogP contribution in [0.5, 0.6) is 5.75 Å².